The largest absolute Gasteiger partial charge is 0.350 e. The van der Waals surface area contributed by atoms with Gasteiger partial charge in [-0.3, -0.25) is 9.59 Å². The molecule has 5 nitrogen and oxygen atoms in total. The van der Waals surface area contributed by atoms with Crippen molar-refractivity contribution < 1.29 is 18.4 Å². The fourth-order valence-corrected chi connectivity index (χ4v) is 3.29. The lowest BCUT2D eigenvalue weighted by molar-refractivity contribution is -0.128. The van der Waals surface area contributed by atoms with Gasteiger partial charge in [0, 0.05) is 26.1 Å². The number of halogens is 3. The van der Waals surface area contributed by atoms with Gasteiger partial charge in [0.1, 0.15) is 10.0 Å². The van der Waals surface area contributed by atoms with Crippen molar-refractivity contribution in [3.8, 4) is 0 Å². The molecule has 9 heteroatoms. The molecule has 122 valence electrons. The van der Waals surface area contributed by atoms with Gasteiger partial charge in [0.15, 0.2) is 5.01 Å². The van der Waals surface area contributed by atoms with Crippen LogP contribution in [0.25, 0.3) is 0 Å². The minimum atomic E-state index is -2.74. The topological polar surface area (TPSA) is 62.3 Å². The molecule has 1 aliphatic rings. The van der Waals surface area contributed by atoms with Crippen LogP contribution in [0.1, 0.15) is 40.9 Å². The van der Waals surface area contributed by atoms with Gasteiger partial charge in [-0.15, -0.1) is 11.3 Å². The molecular weight excluding hydrogens is 336 g/mol. The maximum Gasteiger partial charge on any atom is 0.280 e. The van der Waals surface area contributed by atoms with E-state index < -0.39 is 17.2 Å². The Morgan fingerprint density at radius 3 is 2.82 bits per heavy atom. The summed E-state index contributed by atoms with van der Waals surface area (Å²) in [5, 5.41) is 2.22. The highest BCUT2D eigenvalue weighted by atomic mass is 35.5. The van der Waals surface area contributed by atoms with Gasteiger partial charge in [-0.25, -0.2) is 13.8 Å². The lowest BCUT2D eigenvalue weighted by Gasteiger charge is -2.20. The third-order valence-corrected chi connectivity index (χ3v) is 4.78. The van der Waals surface area contributed by atoms with Crippen LogP contribution in [0, 0.1) is 5.92 Å². The van der Waals surface area contributed by atoms with Crippen LogP contribution in [0.15, 0.2) is 0 Å². The summed E-state index contributed by atoms with van der Waals surface area (Å²) < 4.78 is 25.2. The van der Waals surface area contributed by atoms with E-state index >= 15 is 0 Å². The van der Waals surface area contributed by atoms with Crippen molar-refractivity contribution in [3.05, 3.63) is 15.0 Å². The van der Waals surface area contributed by atoms with Crippen molar-refractivity contribution >= 4 is 34.8 Å². The van der Waals surface area contributed by atoms with Gasteiger partial charge in [0.2, 0.25) is 5.91 Å². The zero-order valence-corrected chi connectivity index (χ0v) is 13.5. The van der Waals surface area contributed by atoms with Crippen molar-refractivity contribution in [2.24, 2.45) is 5.92 Å². The Morgan fingerprint density at radius 2 is 2.27 bits per heavy atom. The Balaban J connectivity index is 1.84. The molecule has 1 aromatic rings. The van der Waals surface area contributed by atoms with Crippen LogP contribution in [-0.2, 0) is 4.79 Å². The molecule has 1 unspecified atom stereocenters. The van der Waals surface area contributed by atoms with E-state index in [4.69, 9.17) is 11.6 Å². The number of thiazole rings is 1. The van der Waals surface area contributed by atoms with E-state index in [1.165, 1.54) is 0 Å². The Bertz CT molecular complexity index is 567. The number of carbonyl (C=O) groups excluding carboxylic acids is 2. The smallest absolute Gasteiger partial charge is 0.280 e. The normalized spacial score (nSPS) is 16.4. The van der Waals surface area contributed by atoms with Crippen LogP contribution in [0.2, 0.25) is 5.15 Å². The third kappa shape index (κ3) is 4.13. The molecule has 0 bridgehead atoms. The second-order valence-corrected chi connectivity index (χ2v) is 6.62. The van der Waals surface area contributed by atoms with E-state index in [2.05, 4.69) is 10.3 Å². The molecule has 1 aliphatic heterocycles. The van der Waals surface area contributed by atoms with Crippen LogP contribution in [0.3, 0.4) is 0 Å². The van der Waals surface area contributed by atoms with Crippen LogP contribution in [0.4, 0.5) is 8.78 Å². The molecule has 1 N–H and O–H groups in total. The van der Waals surface area contributed by atoms with Gasteiger partial charge in [-0.1, -0.05) is 18.5 Å². The molecule has 1 aromatic heterocycles. The molecule has 2 heterocycles. The highest BCUT2D eigenvalue weighted by Gasteiger charge is 2.24. The van der Waals surface area contributed by atoms with E-state index in [0.717, 1.165) is 13.0 Å². The van der Waals surface area contributed by atoms with E-state index in [0.29, 0.717) is 30.8 Å². The highest BCUT2D eigenvalue weighted by Crippen LogP contribution is 2.32. The number of amides is 2. The first-order valence-corrected chi connectivity index (χ1v) is 8.08. The Morgan fingerprint density at radius 1 is 1.55 bits per heavy atom. The first kappa shape index (κ1) is 17.1. The minimum Gasteiger partial charge on any atom is -0.350 e. The number of rotatable bonds is 6. The van der Waals surface area contributed by atoms with E-state index in [1.54, 1.807) is 4.90 Å². The van der Waals surface area contributed by atoms with Gasteiger partial charge in [0.25, 0.3) is 12.3 Å². The molecule has 1 saturated heterocycles. The summed E-state index contributed by atoms with van der Waals surface area (Å²) in [6.07, 6.45) is -1.30. The van der Waals surface area contributed by atoms with E-state index in [-0.39, 0.29) is 22.0 Å². The maximum absolute atomic E-state index is 12.6. The number of nitrogens with one attached hydrogen (secondary N) is 1. The van der Waals surface area contributed by atoms with Gasteiger partial charge >= 0.3 is 0 Å². The van der Waals surface area contributed by atoms with Crippen molar-refractivity contribution in [1.82, 2.24) is 15.2 Å². The predicted octanol–water partition coefficient (Wildman–Crippen LogP) is 2.72. The summed E-state index contributed by atoms with van der Waals surface area (Å²) in [5.41, 5.74) is 0. The number of likely N-dealkylation sites (tertiary alicyclic amines) is 1. The Labute approximate surface area is 135 Å². The molecule has 0 spiro atoms. The number of aromatic nitrogens is 1. The number of alkyl halides is 2. The monoisotopic (exact) mass is 351 g/mol. The zero-order chi connectivity index (χ0) is 16.3. The van der Waals surface area contributed by atoms with E-state index in [9.17, 15) is 18.4 Å². The number of hydrogen-bond acceptors (Lipinski definition) is 4. The Hall–Kier alpha value is -1.28. The molecule has 2 amide bonds. The fourth-order valence-electron chi connectivity index (χ4n) is 2.23. The van der Waals surface area contributed by atoms with Crippen molar-refractivity contribution in [2.45, 2.75) is 26.2 Å². The lowest BCUT2D eigenvalue weighted by atomic mass is 10.1. The fraction of sp³-hybridized carbons (Fsp3) is 0.615. The predicted molar refractivity (Wildman–Crippen MR) is 79.4 cm³/mol. The first-order valence-electron chi connectivity index (χ1n) is 6.88. The minimum absolute atomic E-state index is 0.0657. The number of carbonyl (C=O) groups is 2. The van der Waals surface area contributed by atoms with Crippen molar-refractivity contribution in [3.63, 3.8) is 0 Å². The average molecular weight is 352 g/mol. The molecule has 1 fully saturated rings. The number of hydrogen-bond donors (Lipinski definition) is 1. The van der Waals surface area contributed by atoms with Crippen LogP contribution in [0.5, 0.6) is 0 Å². The molecule has 1 atom stereocenters. The second-order valence-electron chi connectivity index (χ2n) is 5.23. The first-order chi connectivity index (χ1) is 10.4. The SMILES string of the molecule is CC(CNC(=O)c1nc(Cl)c(C(F)F)s1)CN1CCCC1=O. The standard InChI is InChI=1S/C13H16ClF2N3O2S/c1-7(6-19-4-2-3-8(19)20)5-17-12(21)13-18-10(14)9(22-13)11(15)16/h7,11H,2-6H2,1H3,(H,17,21). The average Bonchev–Trinajstić information content (AvgIpc) is 3.03. The lowest BCUT2D eigenvalue weighted by Crippen LogP contribution is -2.36. The molecule has 0 aromatic carbocycles. The molecular formula is C13H16ClF2N3O2S. The van der Waals surface area contributed by atoms with Crippen LogP contribution < -0.4 is 5.32 Å². The summed E-state index contributed by atoms with van der Waals surface area (Å²) in [4.78, 5) is 28.4. The quantitative estimate of drug-likeness (QED) is 0.857. The van der Waals surface area contributed by atoms with Crippen molar-refractivity contribution in [1.29, 1.82) is 0 Å². The summed E-state index contributed by atoms with van der Waals surface area (Å²) >= 11 is 6.16. The molecule has 2 rings (SSSR count). The van der Waals surface area contributed by atoms with Gasteiger partial charge in [-0.05, 0) is 12.3 Å². The van der Waals surface area contributed by atoms with Gasteiger partial charge in [-0.2, -0.15) is 0 Å². The van der Waals surface area contributed by atoms with Crippen LogP contribution in [-0.4, -0.2) is 41.3 Å². The maximum atomic E-state index is 12.6. The molecule has 0 saturated carbocycles. The molecule has 0 radical (unpaired) electrons. The van der Waals surface area contributed by atoms with E-state index in [1.807, 2.05) is 6.92 Å². The highest BCUT2D eigenvalue weighted by molar-refractivity contribution is 7.14. The summed E-state index contributed by atoms with van der Waals surface area (Å²) in [6, 6.07) is 0. The summed E-state index contributed by atoms with van der Waals surface area (Å²) in [6.45, 7) is 3.56. The van der Waals surface area contributed by atoms with Gasteiger partial charge in [0.05, 0.1) is 0 Å². The third-order valence-electron chi connectivity index (χ3n) is 3.32. The molecule has 22 heavy (non-hydrogen) atoms. The summed E-state index contributed by atoms with van der Waals surface area (Å²) in [7, 11) is 0. The summed E-state index contributed by atoms with van der Waals surface area (Å²) in [5.74, 6) is -0.333. The van der Waals surface area contributed by atoms with Crippen LogP contribution >= 0.6 is 22.9 Å². The Kier molecular flexibility index (Phi) is 5.69. The second kappa shape index (κ2) is 7.32. The van der Waals surface area contributed by atoms with Gasteiger partial charge < -0.3 is 10.2 Å². The zero-order valence-electron chi connectivity index (χ0n) is 11.9. The molecule has 0 aliphatic carbocycles. The van der Waals surface area contributed by atoms with Crippen molar-refractivity contribution in [2.75, 3.05) is 19.6 Å². The number of nitrogens with zero attached hydrogens (tertiary/aromatic N) is 2.